The SMILES string of the molecule is NC(=O)c1cc(N[C@H]2CCNC2=O)nc(N2[C@@H]3CC[C@H]2C[C@@H](COc2ccc(C(F)(F)F)cc2CN2CCCC2)C3)n1. The lowest BCUT2D eigenvalue weighted by Gasteiger charge is -2.39. The maximum absolute atomic E-state index is 13.5. The van der Waals surface area contributed by atoms with E-state index in [0.717, 1.165) is 57.7 Å². The van der Waals surface area contributed by atoms with Crippen LogP contribution in [0.4, 0.5) is 24.9 Å². The molecule has 4 N–H and O–H groups in total. The number of hydrogen-bond donors (Lipinski definition) is 3. The van der Waals surface area contributed by atoms with Crippen LogP contribution in [-0.4, -0.2) is 71.0 Å². The number of rotatable bonds is 9. The number of anilines is 2. The number of amides is 2. The molecule has 4 atom stereocenters. The van der Waals surface area contributed by atoms with Crippen LogP contribution in [0.2, 0.25) is 0 Å². The van der Waals surface area contributed by atoms with E-state index < -0.39 is 23.7 Å². The largest absolute Gasteiger partial charge is 0.493 e. The summed E-state index contributed by atoms with van der Waals surface area (Å²) >= 11 is 0. The molecule has 0 unspecified atom stereocenters. The summed E-state index contributed by atoms with van der Waals surface area (Å²) in [6.07, 6.45) is 1.77. The van der Waals surface area contributed by atoms with Crippen molar-refractivity contribution in [2.75, 3.05) is 36.5 Å². The third kappa shape index (κ3) is 6.11. The summed E-state index contributed by atoms with van der Waals surface area (Å²) < 4.78 is 46.6. The molecular formula is C29H36F3N7O3. The Morgan fingerprint density at radius 1 is 1.10 bits per heavy atom. The first-order chi connectivity index (χ1) is 20.1. The van der Waals surface area contributed by atoms with E-state index in [2.05, 4.69) is 30.4 Å². The molecule has 2 bridgehead atoms. The number of carbonyl (C=O) groups is 2. The van der Waals surface area contributed by atoms with E-state index in [1.807, 2.05) is 0 Å². The van der Waals surface area contributed by atoms with Gasteiger partial charge in [-0.05, 0) is 82.2 Å². The van der Waals surface area contributed by atoms with E-state index >= 15 is 0 Å². The van der Waals surface area contributed by atoms with E-state index in [0.29, 0.717) is 49.2 Å². The number of ether oxygens (including phenoxy) is 1. The fourth-order valence-corrected chi connectivity index (χ4v) is 6.82. The summed E-state index contributed by atoms with van der Waals surface area (Å²) in [5.74, 6) is 0.722. The molecule has 4 aliphatic rings. The fraction of sp³-hybridized carbons (Fsp3) is 0.586. The minimum Gasteiger partial charge on any atom is -0.493 e. The molecule has 226 valence electrons. The topological polar surface area (TPSA) is 126 Å². The Bertz CT molecular complexity index is 1320. The van der Waals surface area contributed by atoms with E-state index in [9.17, 15) is 22.8 Å². The number of nitrogens with one attached hydrogen (secondary N) is 2. The maximum Gasteiger partial charge on any atom is 0.416 e. The molecule has 6 rings (SSSR count). The summed E-state index contributed by atoms with van der Waals surface area (Å²) in [5.41, 5.74) is 5.57. The molecule has 0 aliphatic carbocycles. The van der Waals surface area contributed by atoms with Crippen molar-refractivity contribution in [3.05, 3.63) is 41.1 Å². The first-order valence-corrected chi connectivity index (χ1v) is 14.7. The van der Waals surface area contributed by atoms with Gasteiger partial charge in [-0.3, -0.25) is 14.5 Å². The van der Waals surface area contributed by atoms with Gasteiger partial charge < -0.3 is 26.0 Å². The number of hydrogen-bond acceptors (Lipinski definition) is 8. The van der Waals surface area contributed by atoms with Crippen LogP contribution >= 0.6 is 0 Å². The van der Waals surface area contributed by atoms with Gasteiger partial charge in [-0.15, -0.1) is 0 Å². The van der Waals surface area contributed by atoms with Gasteiger partial charge in [0.1, 0.15) is 23.3 Å². The zero-order valence-electron chi connectivity index (χ0n) is 23.3. The van der Waals surface area contributed by atoms with E-state index in [1.54, 1.807) is 0 Å². The van der Waals surface area contributed by atoms with E-state index in [-0.39, 0.29) is 29.6 Å². The Balaban J connectivity index is 1.15. The lowest BCUT2D eigenvalue weighted by Crippen LogP contribution is -2.45. The minimum absolute atomic E-state index is 0.0820. The number of nitrogens with zero attached hydrogens (tertiary/aromatic N) is 4. The molecule has 0 saturated carbocycles. The van der Waals surface area contributed by atoms with Crippen molar-refractivity contribution in [3.8, 4) is 5.75 Å². The Morgan fingerprint density at radius 2 is 1.83 bits per heavy atom. The first-order valence-electron chi connectivity index (χ1n) is 14.7. The second kappa shape index (κ2) is 11.6. The van der Waals surface area contributed by atoms with Crippen molar-refractivity contribution in [2.24, 2.45) is 11.7 Å². The van der Waals surface area contributed by atoms with E-state index in [4.69, 9.17) is 10.5 Å². The van der Waals surface area contributed by atoms with Crippen molar-refractivity contribution < 1.29 is 27.5 Å². The van der Waals surface area contributed by atoms with Crippen molar-refractivity contribution in [3.63, 3.8) is 0 Å². The number of alkyl halides is 3. The van der Waals surface area contributed by atoms with Gasteiger partial charge in [0, 0.05) is 36.8 Å². The predicted molar refractivity (Wildman–Crippen MR) is 149 cm³/mol. The number of halogens is 3. The van der Waals surface area contributed by atoms with Crippen LogP contribution in [0.3, 0.4) is 0 Å². The van der Waals surface area contributed by atoms with Crippen molar-refractivity contribution in [2.45, 2.75) is 75.8 Å². The number of fused-ring (bicyclic) bond motifs is 2. The highest BCUT2D eigenvalue weighted by molar-refractivity contribution is 5.92. The van der Waals surface area contributed by atoms with Gasteiger partial charge in [-0.2, -0.15) is 18.2 Å². The third-order valence-electron chi connectivity index (χ3n) is 8.85. The summed E-state index contributed by atoms with van der Waals surface area (Å²) in [4.78, 5) is 37.6. The van der Waals surface area contributed by atoms with Crippen molar-refractivity contribution in [1.82, 2.24) is 20.2 Å². The molecule has 5 heterocycles. The molecule has 13 heteroatoms. The molecular weight excluding hydrogens is 551 g/mol. The average molecular weight is 588 g/mol. The summed E-state index contributed by atoms with van der Waals surface area (Å²) in [5, 5.41) is 5.89. The second-order valence-corrected chi connectivity index (χ2v) is 11.8. The summed E-state index contributed by atoms with van der Waals surface area (Å²) in [6.45, 7) is 3.17. The van der Waals surface area contributed by atoms with Gasteiger partial charge in [-0.1, -0.05) is 0 Å². The first kappa shape index (κ1) is 28.5. The number of aromatic nitrogens is 2. The average Bonchev–Trinajstić information content (AvgIpc) is 3.67. The maximum atomic E-state index is 13.5. The van der Waals surface area contributed by atoms with Gasteiger partial charge in [0.2, 0.25) is 11.9 Å². The van der Waals surface area contributed by atoms with Gasteiger partial charge in [-0.25, -0.2) is 4.98 Å². The van der Waals surface area contributed by atoms with Crippen molar-refractivity contribution >= 4 is 23.6 Å². The summed E-state index contributed by atoms with van der Waals surface area (Å²) in [6, 6.07) is 5.07. The van der Waals surface area contributed by atoms with Gasteiger partial charge in [0.15, 0.2) is 0 Å². The van der Waals surface area contributed by atoms with Crippen LogP contribution in [0.1, 0.15) is 66.6 Å². The highest BCUT2D eigenvalue weighted by atomic mass is 19.4. The highest BCUT2D eigenvalue weighted by Crippen LogP contribution is 2.41. The molecule has 4 fully saturated rings. The number of piperidine rings is 1. The van der Waals surface area contributed by atoms with Gasteiger partial charge >= 0.3 is 6.18 Å². The molecule has 0 radical (unpaired) electrons. The van der Waals surface area contributed by atoms with E-state index in [1.165, 1.54) is 18.2 Å². The number of carbonyl (C=O) groups excluding carboxylic acids is 2. The number of likely N-dealkylation sites (tertiary alicyclic amines) is 1. The number of benzene rings is 1. The molecule has 1 aromatic carbocycles. The van der Waals surface area contributed by atoms with Crippen LogP contribution in [0.5, 0.6) is 5.75 Å². The van der Waals surface area contributed by atoms with Crippen molar-refractivity contribution in [1.29, 1.82) is 0 Å². The van der Waals surface area contributed by atoms with Crippen LogP contribution < -0.4 is 26.0 Å². The Morgan fingerprint density at radius 3 is 2.48 bits per heavy atom. The molecule has 0 spiro atoms. The smallest absolute Gasteiger partial charge is 0.416 e. The molecule has 2 amide bonds. The minimum atomic E-state index is -4.41. The normalized spacial score (nSPS) is 26.0. The van der Waals surface area contributed by atoms with Crippen LogP contribution in [0.25, 0.3) is 0 Å². The Hall–Kier alpha value is -3.61. The quantitative estimate of drug-likeness (QED) is 0.408. The molecule has 42 heavy (non-hydrogen) atoms. The summed E-state index contributed by atoms with van der Waals surface area (Å²) in [7, 11) is 0. The second-order valence-electron chi connectivity index (χ2n) is 11.8. The zero-order chi connectivity index (χ0) is 29.4. The predicted octanol–water partition coefficient (Wildman–Crippen LogP) is 3.32. The Kier molecular flexibility index (Phi) is 7.86. The lowest BCUT2D eigenvalue weighted by atomic mass is 9.91. The highest BCUT2D eigenvalue weighted by Gasteiger charge is 2.43. The fourth-order valence-electron chi connectivity index (χ4n) is 6.82. The zero-order valence-corrected chi connectivity index (χ0v) is 23.3. The Labute approximate surface area is 242 Å². The third-order valence-corrected chi connectivity index (χ3v) is 8.85. The van der Waals surface area contributed by atoms with Gasteiger partial charge in [0.05, 0.1) is 12.2 Å². The molecule has 10 nitrogen and oxygen atoms in total. The molecule has 2 aromatic rings. The standard InChI is InChI=1S/C29H36F3N7O3/c30-29(31,32)19-3-6-24(18(13-19)15-38-9-1-2-10-38)42-16-17-11-20-4-5-21(12-17)39(20)28-36-23(26(33)40)14-25(37-28)35-22-7-8-34-27(22)41/h3,6,13-14,17,20-22H,1-2,4-5,7-12,15-16H2,(H2,33,40)(H,34,41)(H,35,36,37)/t17-,20+,21-,22-/m0/s1. The monoisotopic (exact) mass is 587 g/mol. The molecule has 4 aliphatic heterocycles. The lowest BCUT2D eigenvalue weighted by molar-refractivity contribution is -0.137. The number of nitrogens with two attached hydrogens (primary N) is 1. The van der Waals surface area contributed by atoms with Crippen LogP contribution in [-0.2, 0) is 17.5 Å². The number of primary amides is 1. The van der Waals surface area contributed by atoms with Crippen LogP contribution in [0, 0.1) is 5.92 Å². The molecule has 1 aromatic heterocycles. The van der Waals surface area contributed by atoms with Gasteiger partial charge in [0.25, 0.3) is 5.91 Å². The molecule has 4 saturated heterocycles. The van der Waals surface area contributed by atoms with Crippen LogP contribution in [0.15, 0.2) is 24.3 Å².